The van der Waals surface area contributed by atoms with Crippen molar-refractivity contribution < 1.29 is 4.39 Å². The zero-order valence-electron chi connectivity index (χ0n) is 12.7. The van der Waals surface area contributed by atoms with Gasteiger partial charge >= 0.3 is 0 Å². The van der Waals surface area contributed by atoms with Crippen LogP contribution in [0.3, 0.4) is 0 Å². The number of nitrogens with one attached hydrogen (secondary N) is 1. The molecule has 0 radical (unpaired) electrons. The molecule has 112 valence electrons. The van der Waals surface area contributed by atoms with Gasteiger partial charge < -0.3 is 10.2 Å². The summed E-state index contributed by atoms with van der Waals surface area (Å²) in [6.45, 7) is 10.8. The predicted molar refractivity (Wildman–Crippen MR) is 86.8 cm³/mol. The van der Waals surface area contributed by atoms with Gasteiger partial charge in [0.15, 0.2) is 0 Å². The van der Waals surface area contributed by atoms with Gasteiger partial charge in [-0.3, -0.25) is 0 Å². The van der Waals surface area contributed by atoms with E-state index in [4.69, 9.17) is 0 Å². The summed E-state index contributed by atoms with van der Waals surface area (Å²) in [7, 11) is 0. The lowest BCUT2D eigenvalue weighted by Gasteiger charge is -2.46. The van der Waals surface area contributed by atoms with Gasteiger partial charge in [0, 0.05) is 30.9 Å². The minimum Gasteiger partial charge on any atom is -0.366 e. The third kappa shape index (κ3) is 3.34. The molecule has 1 aromatic rings. The third-order valence-corrected chi connectivity index (χ3v) is 4.81. The molecule has 1 heterocycles. The maximum absolute atomic E-state index is 13.8. The molecule has 1 saturated heterocycles. The highest BCUT2D eigenvalue weighted by Gasteiger charge is 2.33. The fourth-order valence-electron chi connectivity index (χ4n) is 2.72. The lowest BCUT2D eigenvalue weighted by Crippen LogP contribution is -2.60. The monoisotopic (exact) mass is 342 g/mol. The molecule has 0 saturated carbocycles. The third-order valence-electron chi connectivity index (χ3n) is 4.17. The Balaban J connectivity index is 2.27. The van der Waals surface area contributed by atoms with Gasteiger partial charge in [0.2, 0.25) is 0 Å². The Morgan fingerprint density at radius 3 is 2.65 bits per heavy atom. The van der Waals surface area contributed by atoms with E-state index in [1.54, 1.807) is 12.1 Å². The van der Waals surface area contributed by atoms with Gasteiger partial charge in [-0.15, -0.1) is 0 Å². The number of nitrogens with zero attached hydrogens (tertiary/aromatic N) is 1. The molecule has 1 aliphatic rings. The van der Waals surface area contributed by atoms with Gasteiger partial charge in [-0.1, -0.05) is 27.7 Å². The fraction of sp³-hybridized carbons (Fsp3) is 0.625. The van der Waals surface area contributed by atoms with E-state index >= 15 is 0 Å². The Morgan fingerprint density at radius 1 is 1.40 bits per heavy atom. The molecule has 2 rings (SSSR count). The summed E-state index contributed by atoms with van der Waals surface area (Å²) in [5, 5.41) is 3.64. The standard InChI is InChI=1S/C16H24BrFN2/c1-5-11-9-19-15(16(2,3)4)10-20(11)12-6-7-13(17)14(18)8-12/h6-8,11,15,19H,5,9-10H2,1-4H3. The molecule has 1 aliphatic heterocycles. The maximum atomic E-state index is 13.8. The predicted octanol–water partition coefficient (Wildman–Crippen LogP) is 4.19. The zero-order valence-corrected chi connectivity index (χ0v) is 14.3. The molecule has 2 atom stereocenters. The van der Waals surface area contributed by atoms with Gasteiger partial charge in [-0.2, -0.15) is 0 Å². The van der Waals surface area contributed by atoms with E-state index in [1.165, 1.54) is 0 Å². The minimum absolute atomic E-state index is 0.191. The van der Waals surface area contributed by atoms with E-state index < -0.39 is 0 Å². The molecule has 0 aromatic heterocycles. The zero-order chi connectivity index (χ0) is 14.9. The van der Waals surface area contributed by atoms with Crippen molar-refractivity contribution in [1.29, 1.82) is 0 Å². The van der Waals surface area contributed by atoms with E-state index in [-0.39, 0.29) is 11.2 Å². The Labute approximate surface area is 129 Å². The second-order valence-electron chi connectivity index (χ2n) is 6.64. The molecular formula is C16H24BrFN2. The van der Waals surface area contributed by atoms with Crippen LogP contribution in [0, 0.1) is 11.2 Å². The van der Waals surface area contributed by atoms with Crippen LogP contribution in [-0.4, -0.2) is 25.2 Å². The summed E-state index contributed by atoms with van der Waals surface area (Å²) < 4.78 is 14.3. The van der Waals surface area contributed by atoms with Gasteiger partial charge in [-0.25, -0.2) is 4.39 Å². The Bertz CT molecular complexity index is 470. The summed E-state index contributed by atoms with van der Waals surface area (Å²) in [6, 6.07) is 6.27. The van der Waals surface area contributed by atoms with E-state index in [1.807, 2.05) is 6.07 Å². The first-order chi connectivity index (χ1) is 9.32. The normalized spacial score (nSPS) is 24.0. The van der Waals surface area contributed by atoms with E-state index in [2.05, 4.69) is 53.8 Å². The topological polar surface area (TPSA) is 15.3 Å². The number of hydrogen-bond acceptors (Lipinski definition) is 2. The summed E-state index contributed by atoms with van der Waals surface area (Å²) >= 11 is 3.22. The molecule has 1 fully saturated rings. The molecule has 0 spiro atoms. The number of benzene rings is 1. The van der Waals surface area contributed by atoms with Crippen molar-refractivity contribution in [2.24, 2.45) is 5.41 Å². The second-order valence-corrected chi connectivity index (χ2v) is 7.49. The Hall–Kier alpha value is -0.610. The Morgan fingerprint density at radius 2 is 2.10 bits per heavy atom. The average molecular weight is 343 g/mol. The number of anilines is 1. The maximum Gasteiger partial charge on any atom is 0.139 e. The van der Waals surface area contributed by atoms with Gasteiger partial charge in [0.25, 0.3) is 0 Å². The van der Waals surface area contributed by atoms with E-state index in [0.29, 0.717) is 16.6 Å². The summed E-state index contributed by atoms with van der Waals surface area (Å²) in [5.41, 5.74) is 1.18. The number of rotatable bonds is 2. The van der Waals surface area contributed by atoms with Crippen LogP contribution in [-0.2, 0) is 0 Å². The number of piperazine rings is 1. The van der Waals surface area contributed by atoms with E-state index in [0.717, 1.165) is 25.2 Å². The van der Waals surface area contributed by atoms with Crippen molar-refractivity contribution in [1.82, 2.24) is 5.32 Å². The molecular weight excluding hydrogens is 319 g/mol. The molecule has 2 unspecified atom stereocenters. The molecule has 0 amide bonds. The first-order valence-corrected chi connectivity index (χ1v) is 8.07. The molecule has 2 nitrogen and oxygen atoms in total. The Kier molecular flexibility index (Phi) is 4.75. The van der Waals surface area contributed by atoms with E-state index in [9.17, 15) is 4.39 Å². The quantitative estimate of drug-likeness (QED) is 0.866. The van der Waals surface area contributed by atoms with Gasteiger partial charge in [-0.05, 0) is 46.0 Å². The van der Waals surface area contributed by atoms with Crippen LogP contribution in [0.5, 0.6) is 0 Å². The van der Waals surface area contributed by atoms with Crippen LogP contribution in [0.1, 0.15) is 34.1 Å². The highest BCUT2D eigenvalue weighted by molar-refractivity contribution is 9.10. The number of halogens is 2. The minimum atomic E-state index is -0.191. The summed E-state index contributed by atoms with van der Waals surface area (Å²) in [4.78, 5) is 2.35. The first-order valence-electron chi connectivity index (χ1n) is 7.28. The van der Waals surface area contributed by atoms with Crippen molar-refractivity contribution >= 4 is 21.6 Å². The largest absolute Gasteiger partial charge is 0.366 e. The van der Waals surface area contributed by atoms with Crippen LogP contribution in [0.2, 0.25) is 0 Å². The van der Waals surface area contributed by atoms with Crippen molar-refractivity contribution in [3.05, 3.63) is 28.5 Å². The SMILES string of the molecule is CCC1CNC(C(C)(C)C)CN1c1ccc(Br)c(F)c1. The van der Waals surface area contributed by atoms with Crippen molar-refractivity contribution in [2.45, 2.75) is 46.2 Å². The highest BCUT2D eigenvalue weighted by atomic mass is 79.9. The van der Waals surface area contributed by atoms with Crippen LogP contribution in [0.25, 0.3) is 0 Å². The van der Waals surface area contributed by atoms with Crippen LogP contribution >= 0.6 is 15.9 Å². The second kappa shape index (κ2) is 6.02. The van der Waals surface area contributed by atoms with Gasteiger partial charge in [0.05, 0.1) is 4.47 Å². The lowest BCUT2D eigenvalue weighted by atomic mass is 9.84. The number of hydrogen-bond donors (Lipinski definition) is 1. The molecule has 4 heteroatoms. The van der Waals surface area contributed by atoms with Crippen molar-refractivity contribution in [3.8, 4) is 0 Å². The molecule has 0 bridgehead atoms. The fourth-order valence-corrected chi connectivity index (χ4v) is 2.97. The van der Waals surface area contributed by atoms with Crippen LogP contribution in [0.4, 0.5) is 10.1 Å². The van der Waals surface area contributed by atoms with Crippen LogP contribution < -0.4 is 10.2 Å². The molecule has 1 N–H and O–H groups in total. The highest BCUT2D eigenvalue weighted by Crippen LogP contribution is 2.30. The van der Waals surface area contributed by atoms with Crippen LogP contribution in [0.15, 0.2) is 22.7 Å². The van der Waals surface area contributed by atoms with Crippen molar-refractivity contribution in [3.63, 3.8) is 0 Å². The van der Waals surface area contributed by atoms with Crippen molar-refractivity contribution in [2.75, 3.05) is 18.0 Å². The lowest BCUT2D eigenvalue weighted by molar-refractivity contribution is 0.233. The molecule has 1 aromatic carbocycles. The average Bonchev–Trinajstić information content (AvgIpc) is 2.40. The molecule has 0 aliphatic carbocycles. The first kappa shape index (κ1) is 15.8. The summed E-state index contributed by atoms with van der Waals surface area (Å²) in [5.74, 6) is -0.191. The van der Waals surface area contributed by atoms with Gasteiger partial charge in [0.1, 0.15) is 5.82 Å². The smallest absolute Gasteiger partial charge is 0.139 e. The molecule has 20 heavy (non-hydrogen) atoms. The summed E-state index contributed by atoms with van der Waals surface area (Å²) in [6.07, 6.45) is 1.06.